The molecule has 1 aliphatic rings. The molecule has 0 radical (unpaired) electrons. The van der Waals surface area contributed by atoms with E-state index in [1.807, 2.05) is 42.6 Å². The van der Waals surface area contributed by atoms with Crippen LogP contribution < -0.4 is 11.1 Å². The molecule has 1 aliphatic heterocycles. The predicted octanol–water partition coefficient (Wildman–Crippen LogP) is 1.66. The molecule has 0 bridgehead atoms. The van der Waals surface area contributed by atoms with E-state index in [0.29, 0.717) is 19.8 Å². The van der Waals surface area contributed by atoms with E-state index >= 15 is 0 Å². The zero-order valence-corrected chi connectivity index (χ0v) is 14.2. The summed E-state index contributed by atoms with van der Waals surface area (Å²) in [5.74, 6) is 0.0804. The van der Waals surface area contributed by atoms with Gasteiger partial charge >= 0.3 is 0 Å². The van der Waals surface area contributed by atoms with Crippen molar-refractivity contribution in [1.29, 1.82) is 0 Å². The lowest BCUT2D eigenvalue weighted by atomic mass is 9.92. The molecule has 1 unspecified atom stereocenters. The van der Waals surface area contributed by atoms with Gasteiger partial charge in [-0.15, -0.1) is 12.4 Å². The van der Waals surface area contributed by atoms with Gasteiger partial charge in [0.25, 0.3) is 0 Å². The van der Waals surface area contributed by atoms with Gasteiger partial charge in [-0.25, -0.2) is 4.68 Å². The molecule has 24 heavy (non-hydrogen) atoms. The summed E-state index contributed by atoms with van der Waals surface area (Å²) in [5.41, 5.74) is 7.86. The number of carbonyl (C=O) groups excluding carboxylic acids is 1. The maximum Gasteiger partial charge on any atom is 0.237 e. The largest absolute Gasteiger partial charge is 0.381 e. The minimum absolute atomic E-state index is 0. The van der Waals surface area contributed by atoms with E-state index < -0.39 is 6.04 Å². The van der Waals surface area contributed by atoms with E-state index in [4.69, 9.17) is 10.5 Å². The molecule has 0 saturated carbocycles. The number of carbonyl (C=O) groups is 1. The molecule has 0 aliphatic carbocycles. The fourth-order valence-corrected chi connectivity index (χ4v) is 2.77. The van der Waals surface area contributed by atoms with E-state index in [1.165, 1.54) is 0 Å². The fourth-order valence-electron chi connectivity index (χ4n) is 2.77. The third-order valence-corrected chi connectivity index (χ3v) is 4.19. The van der Waals surface area contributed by atoms with Gasteiger partial charge in [-0.3, -0.25) is 4.79 Å². The van der Waals surface area contributed by atoms with Crippen LogP contribution in [0.25, 0.3) is 5.69 Å². The summed E-state index contributed by atoms with van der Waals surface area (Å²) in [6.45, 7) is 1.76. The number of nitrogens with two attached hydrogens (primary N) is 1. The average Bonchev–Trinajstić information content (AvgIpc) is 3.09. The highest BCUT2D eigenvalue weighted by Crippen LogP contribution is 2.17. The maximum atomic E-state index is 12.2. The van der Waals surface area contributed by atoms with Crippen LogP contribution in [0.3, 0.4) is 0 Å². The highest BCUT2D eigenvalue weighted by molar-refractivity contribution is 5.85. The third kappa shape index (κ3) is 4.56. The number of nitrogens with one attached hydrogen (secondary N) is 1. The quantitative estimate of drug-likeness (QED) is 0.859. The molecule has 0 spiro atoms. The van der Waals surface area contributed by atoms with E-state index in [0.717, 1.165) is 24.2 Å². The summed E-state index contributed by atoms with van der Waals surface area (Å²) >= 11 is 0. The Hall–Kier alpha value is -1.89. The Morgan fingerprint density at radius 1 is 1.29 bits per heavy atom. The van der Waals surface area contributed by atoms with Gasteiger partial charge < -0.3 is 15.8 Å². The first-order chi connectivity index (χ1) is 11.2. The Labute approximate surface area is 147 Å². The SMILES string of the molecule is Cl.NC(C(=O)NCc1ccn(-c2ccccc2)n1)C1CCOCC1. The zero-order valence-electron chi connectivity index (χ0n) is 13.4. The van der Waals surface area contributed by atoms with Gasteiger partial charge in [-0.05, 0) is 37.0 Å². The Bertz CT molecular complexity index is 641. The van der Waals surface area contributed by atoms with Crippen LogP contribution in [0.2, 0.25) is 0 Å². The number of hydrogen-bond acceptors (Lipinski definition) is 4. The van der Waals surface area contributed by atoms with E-state index in [9.17, 15) is 4.79 Å². The van der Waals surface area contributed by atoms with Gasteiger partial charge in [-0.1, -0.05) is 18.2 Å². The van der Waals surface area contributed by atoms with Crippen molar-refractivity contribution in [2.24, 2.45) is 11.7 Å². The van der Waals surface area contributed by atoms with E-state index in [1.54, 1.807) is 4.68 Å². The molecule has 2 aromatic rings. The number of hydrogen-bond donors (Lipinski definition) is 2. The number of amides is 1. The van der Waals surface area contributed by atoms with Crippen molar-refractivity contribution in [3.05, 3.63) is 48.3 Å². The predicted molar refractivity (Wildman–Crippen MR) is 94.2 cm³/mol. The second-order valence-corrected chi connectivity index (χ2v) is 5.78. The maximum absolute atomic E-state index is 12.2. The van der Waals surface area contributed by atoms with Crippen molar-refractivity contribution in [2.75, 3.05) is 13.2 Å². The highest BCUT2D eigenvalue weighted by Gasteiger charge is 2.26. The lowest BCUT2D eigenvalue weighted by molar-refractivity contribution is -0.124. The fraction of sp³-hybridized carbons (Fsp3) is 0.412. The van der Waals surface area contributed by atoms with Crippen LogP contribution in [0.5, 0.6) is 0 Å². The van der Waals surface area contributed by atoms with Crippen molar-refractivity contribution in [3.63, 3.8) is 0 Å². The molecule has 130 valence electrons. The van der Waals surface area contributed by atoms with Gasteiger partial charge in [0.2, 0.25) is 5.91 Å². The second-order valence-electron chi connectivity index (χ2n) is 5.78. The van der Waals surface area contributed by atoms with Crippen LogP contribution in [0.1, 0.15) is 18.5 Å². The number of aromatic nitrogens is 2. The second kappa shape index (κ2) is 8.82. The highest BCUT2D eigenvalue weighted by atomic mass is 35.5. The lowest BCUT2D eigenvalue weighted by Crippen LogP contribution is -2.46. The van der Waals surface area contributed by atoms with Crippen LogP contribution in [0, 0.1) is 5.92 Å². The van der Waals surface area contributed by atoms with Crippen LogP contribution in [0.15, 0.2) is 42.6 Å². The van der Waals surface area contributed by atoms with Gasteiger partial charge in [0.05, 0.1) is 24.0 Å². The normalized spacial score (nSPS) is 16.2. The summed E-state index contributed by atoms with van der Waals surface area (Å²) in [6.07, 6.45) is 3.57. The Kier molecular flexibility index (Phi) is 6.78. The zero-order chi connectivity index (χ0) is 16.1. The van der Waals surface area contributed by atoms with Crippen molar-refractivity contribution >= 4 is 18.3 Å². The van der Waals surface area contributed by atoms with Gasteiger partial charge in [0.15, 0.2) is 0 Å². The van der Waals surface area contributed by atoms with Gasteiger partial charge in [0.1, 0.15) is 0 Å². The molecule has 1 saturated heterocycles. The molecule has 3 N–H and O–H groups in total. The van der Waals surface area contributed by atoms with E-state index in [2.05, 4.69) is 10.4 Å². The molecule has 1 fully saturated rings. The van der Waals surface area contributed by atoms with Crippen LogP contribution in [-0.4, -0.2) is 34.9 Å². The number of ether oxygens (including phenoxy) is 1. The molecule has 1 aromatic heterocycles. The van der Waals surface area contributed by atoms with E-state index in [-0.39, 0.29) is 24.2 Å². The Balaban J connectivity index is 0.00000208. The van der Waals surface area contributed by atoms with Crippen LogP contribution >= 0.6 is 12.4 Å². The lowest BCUT2D eigenvalue weighted by Gasteiger charge is -2.26. The first-order valence-corrected chi connectivity index (χ1v) is 7.95. The average molecular weight is 351 g/mol. The summed E-state index contributed by atoms with van der Waals surface area (Å²) in [4.78, 5) is 12.2. The van der Waals surface area contributed by atoms with Crippen molar-refractivity contribution < 1.29 is 9.53 Å². The molecule has 2 heterocycles. The van der Waals surface area contributed by atoms with Crippen LogP contribution in [-0.2, 0) is 16.1 Å². The summed E-state index contributed by atoms with van der Waals surface area (Å²) < 4.78 is 7.10. The number of halogens is 1. The molecule has 7 heteroatoms. The van der Waals surface area contributed by atoms with Crippen LogP contribution in [0.4, 0.5) is 0 Å². The summed E-state index contributed by atoms with van der Waals surface area (Å²) in [5, 5.41) is 7.35. The van der Waals surface area contributed by atoms with Crippen molar-refractivity contribution in [1.82, 2.24) is 15.1 Å². The van der Waals surface area contributed by atoms with Gasteiger partial charge in [-0.2, -0.15) is 5.10 Å². The molecule has 3 rings (SSSR count). The van der Waals surface area contributed by atoms with Crippen molar-refractivity contribution in [3.8, 4) is 5.69 Å². The number of benzene rings is 1. The monoisotopic (exact) mass is 350 g/mol. The minimum Gasteiger partial charge on any atom is -0.381 e. The standard InChI is InChI=1S/C17H22N4O2.ClH/c18-16(13-7-10-23-11-8-13)17(22)19-12-14-6-9-21(20-14)15-4-2-1-3-5-15;/h1-6,9,13,16H,7-8,10-12,18H2,(H,19,22);1H. The molecular weight excluding hydrogens is 328 g/mol. The Morgan fingerprint density at radius 2 is 2.00 bits per heavy atom. The first kappa shape index (κ1) is 18.4. The molecule has 6 nitrogen and oxygen atoms in total. The molecule has 1 aromatic carbocycles. The number of rotatable bonds is 5. The smallest absolute Gasteiger partial charge is 0.237 e. The summed E-state index contributed by atoms with van der Waals surface area (Å²) in [7, 11) is 0. The summed E-state index contributed by atoms with van der Waals surface area (Å²) in [6, 6.07) is 11.3. The Morgan fingerprint density at radius 3 is 2.71 bits per heavy atom. The molecule has 1 atom stereocenters. The number of nitrogens with zero attached hydrogens (tertiary/aromatic N) is 2. The van der Waals surface area contributed by atoms with Crippen molar-refractivity contribution in [2.45, 2.75) is 25.4 Å². The first-order valence-electron chi connectivity index (χ1n) is 7.95. The molecular formula is C17H23ClN4O2. The third-order valence-electron chi connectivity index (χ3n) is 4.19. The number of para-hydroxylation sites is 1. The minimum atomic E-state index is -0.477. The molecule has 1 amide bonds. The topological polar surface area (TPSA) is 82.2 Å². The van der Waals surface area contributed by atoms with Gasteiger partial charge in [0, 0.05) is 19.4 Å².